The van der Waals surface area contributed by atoms with Crippen molar-refractivity contribution in [3.8, 4) is 5.75 Å². The number of hydrogen-bond donors (Lipinski definition) is 3. The van der Waals surface area contributed by atoms with E-state index in [1.165, 1.54) is 24.3 Å². The second kappa shape index (κ2) is 5.57. The number of nitrogens with zero attached hydrogens (tertiary/aromatic N) is 1. The van der Waals surface area contributed by atoms with Crippen molar-refractivity contribution in [2.75, 3.05) is 6.54 Å². The summed E-state index contributed by atoms with van der Waals surface area (Å²) in [4.78, 5) is 44.8. The molecule has 9 heteroatoms. The van der Waals surface area contributed by atoms with Crippen LogP contribution >= 0.6 is 0 Å². The molecule has 2 rings (SSSR count). The average molecular weight is 293 g/mol. The van der Waals surface area contributed by atoms with Crippen LogP contribution in [0.4, 0.5) is 4.79 Å². The maximum atomic E-state index is 11.8. The van der Waals surface area contributed by atoms with Gasteiger partial charge in [-0.1, -0.05) is 12.1 Å². The van der Waals surface area contributed by atoms with Crippen molar-refractivity contribution in [2.24, 2.45) is 5.92 Å². The predicted molar refractivity (Wildman–Crippen MR) is 67.9 cm³/mol. The van der Waals surface area contributed by atoms with Gasteiger partial charge in [0, 0.05) is 4.92 Å². The molecule has 1 aliphatic heterocycles. The van der Waals surface area contributed by atoms with E-state index in [1.54, 1.807) is 0 Å². The van der Waals surface area contributed by atoms with E-state index in [0.717, 1.165) is 0 Å². The molecule has 4 amide bonds. The van der Waals surface area contributed by atoms with Gasteiger partial charge in [-0.25, -0.2) is 4.79 Å². The summed E-state index contributed by atoms with van der Waals surface area (Å²) in [5, 5.41) is 23.9. The van der Waals surface area contributed by atoms with Gasteiger partial charge in [-0.05, 0) is 17.7 Å². The lowest BCUT2D eigenvalue weighted by Gasteiger charge is -2.26. The van der Waals surface area contributed by atoms with Crippen LogP contribution in [0.1, 0.15) is 11.5 Å². The maximum absolute atomic E-state index is 11.8. The highest BCUT2D eigenvalue weighted by molar-refractivity contribution is 6.16. The number of imide groups is 2. The van der Waals surface area contributed by atoms with Gasteiger partial charge in [0.25, 0.3) is 0 Å². The number of aromatic hydroxyl groups is 1. The second-order valence-electron chi connectivity index (χ2n) is 4.50. The van der Waals surface area contributed by atoms with Gasteiger partial charge in [-0.2, -0.15) is 0 Å². The van der Waals surface area contributed by atoms with E-state index in [9.17, 15) is 29.6 Å². The molecule has 9 nitrogen and oxygen atoms in total. The Bertz CT molecular complexity index is 592. The summed E-state index contributed by atoms with van der Waals surface area (Å²) in [7, 11) is 0. The summed E-state index contributed by atoms with van der Waals surface area (Å²) in [5.74, 6) is -4.26. The van der Waals surface area contributed by atoms with E-state index in [1.807, 2.05) is 10.6 Å². The summed E-state index contributed by atoms with van der Waals surface area (Å²) in [5.41, 5.74) is 0.342. The van der Waals surface area contributed by atoms with Crippen molar-refractivity contribution in [1.82, 2.24) is 10.6 Å². The highest BCUT2D eigenvalue weighted by atomic mass is 16.6. The number of phenolic OH excluding ortho intramolecular Hbond substituents is 1. The monoisotopic (exact) mass is 293 g/mol. The first kappa shape index (κ1) is 14.4. The van der Waals surface area contributed by atoms with Gasteiger partial charge in [-0.15, -0.1) is 0 Å². The van der Waals surface area contributed by atoms with Crippen LogP contribution in [-0.2, 0) is 9.59 Å². The fourth-order valence-electron chi connectivity index (χ4n) is 2.18. The first-order chi connectivity index (χ1) is 9.88. The minimum atomic E-state index is -1.39. The Hall–Kier alpha value is -2.97. The van der Waals surface area contributed by atoms with E-state index in [-0.39, 0.29) is 5.75 Å². The van der Waals surface area contributed by atoms with Crippen molar-refractivity contribution in [3.63, 3.8) is 0 Å². The fourth-order valence-corrected chi connectivity index (χ4v) is 2.18. The van der Waals surface area contributed by atoms with E-state index >= 15 is 0 Å². The third-order valence-electron chi connectivity index (χ3n) is 3.11. The Morgan fingerprint density at radius 3 is 2.14 bits per heavy atom. The molecular formula is C12H11N3O6. The molecule has 0 saturated carbocycles. The lowest BCUT2D eigenvalue weighted by atomic mass is 9.84. The molecule has 21 heavy (non-hydrogen) atoms. The molecule has 1 aromatic carbocycles. The molecule has 0 aromatic heterocycles. The van der Waals surface area contributed by atoms with Gasteiger partial charge in [0.1, 0.15) is 11.7 Å². The average Bonchev–Trinajstić information content (AvgIpc) is 2.37. The lowest BCUT2D eigenvalue weighted by Crippen LogP contribution is -2.57. The van der Waals surface area contributed by atoms with Gasteiger partial charge in [-0.3, -0.25) is 30.3 Å². The zero-order valence-corrected chi connectivity index (χ0v) is 10.6. The van der Waals surface area contributed by atoms with Gasteiger partial charge in [0.15, 0.2) is 0 Å². The zero-order chi connectivity index (χ0) is 15.6. The molecule has 1 heterocycles. The molecule has 0 spiro atoms. The SMILES string of the molecule is O=C1NC(=O)C([C@@H](C[N+](=O)[O-])c2ccc(O)cc2)C(=O)N1. The van der Waals surface area contributed by atoms with E-state index in [4.69, 9.17) is 0 Å². The van der Waals surface area contributed by atoms with E-state index < -0.39 is 41.1 Å². The van der Waals surface area contributed by atoms with Crippen LogP contribution in [0.25, 0.3) is 0 Å². The number of benzene rings is 1. The van der Waals surface area contributed by atoms with Crippen LogP contribution < -0.4 is 10.6 Å². The summed E-state index contributed by atoms with van der Waals surface area (Å²) in [6.07, 6.45) is 0. The molecule has 1 aliphatic rings. The van der Waals surface area contributed by atoms with Crippen LogP contribution in [0.3, 0.4) is 0 Å². The number of rotatable bonds is 4. The van der Waals surface area contributed by atoms with Crippen LogP contribution in [0.15, 0.2) is 24.3 Å². The molecule has 1 saturated heterocycles. The minimum absolute atomic E-state index is 0.0497. The number of urea groups is 1. The molecule has 110 valence electrons. The zero-order valence-electron chi connectivity index (χ0n) is 10.6. The first-order valence-corrected chi connectivity index (χ1v) is 5.95. The Kier molecular flexibility index (Phi) is 3.83. The van der Waals surface area contributed by atoms with Crippen LogP contribution in [-0.4, -0.2) is 34.4 Å². The summed E-state index contributed by atoms with van der Waals surface area (Å²) in [6.45, 7) is -0.662. The van der Waals surface area contributed by atoms with Crippen LogP contribution in [0.2, 0.25) is 0 Å². The van der Waals surface area contributed by atoms with Crippen LogP contribution in [0, 0.1) is 16.0 Å². The van der Waals surface area contributed by atoms with Crippen molar-refractivity contribution < 1.29 is 24.4 Å². The van der Waals surface area contributed by atoms with Gasteiger partial charge < -0.3 is 5.11 Å². The number of phenols is 1. The van der Waals surface area contributed by atoms with Crippen molar-refractivity contribution in [2.45, 2.75) is 5.92 Å². The Labute approximate surface area is 118 Å². The standard InChI is InChI=1S/C12H11N3O6/c16-7-3-1-6(2-4-7)8(5-15(20)21)9-10(17)13-12(19)14-11(9)18/h1-4,8-9,16H,5H2,(H2,13,14,17,18,19)/t8-/m0/s1. The smallest absolute Gasteiger partial charge is 0.328 e. The molecule has 1 fully saturated rings. The molecule has 1 atom stereocenters. The lowest BCUT2D eigenvalue weighted by molar-refractivity contribution is -0.484. The van der Waals surface area contributed by atoms with E-state index in [0.29, 0.717) is 5.56 Å². The summed E-state index contributed by atoms with van der Waals surface area (Å²) < 4.78 is 0. The summed E-state index contributed by atoms with van der Waals surface area (Å²) >= 11 is 0. The second-order valence-corrected chi connectivity index (χ2v) is 4.50. The van der Waals surface area contributed by atoms with Gasteiger partial charge in [0.2, 0.25) is 18.4 Å². The topological polar surface area (TPSA) is 139 Å². The molecule has 1 aromatic rings. The minimum Gasteiger partial charge on any atom is -0.508 e. The molecule has 0 radical (unpaired) electrons. The number of hydrogen-bond acceptors (Lipinski definition) is 6. The third-order valence-corrected chi connectivity index (χ3v) is 3.11. The number of amides is 4. The highest BCUT2D eigenvalue weighted by Gasteiger charge is 2.43. The quantitative estimate of drug-likeness (QED) is 0.397. The Morgan fingerprint density at radius 1 is 1.14 bits per heavy atom. The number of carbonyl (C=O) groups is 3. The van der Waals surface area contributed by atoms with Crippen molar-refractivity contribution >= 4 is 17.8 Å². The van der Waals surface area contributed by atoms with Gasteiger partial charge >= 0.3 is 6.03 Å². The Balaban J connectivity index is 2.37. The number of carbonyl (C=O) groups excluding carboxylic acids is 3. The van der Waals surface area contributed by atoms with Crippen molar-refractivity contribution in [3.05, 3.63) is 39.9 Å². The largest absolute Gasteiger partial charge is 0.508 e. The highest BCUT2D eigenvalue weighted by Crippen LogP contribution is 2.28. The van der Waals surface area contributed by atoms with E-state index in [2.05, 4.69) is 0 Å². The molecule has 0 unspecified atom stereocenters. The Morgan fingerprint density at radius 2 is 1.67 bits per heavy atom. The van der Waals surface area contributed by atoms with Crippen LogP contribution in [0.5, 0.6) is 5.75 Å². The molecule has 3 N–H and O–H groups in total. The predicted octanol–water partition coefficient (Wildman–Crippen LogP) is -0.265. The molecular weight excluding hydrogens is 282 g/mol. The summed E-state index contributed by atoms with van der Waals surface area (Å²) in [6, 6.07) is 4.42. The molecule has 0 bridgehead atoms. The first-order valence-electron chi connectivity index (χ1n) is 5.95. The molecule has 0 aliphatic carbocycles. The number of barbiturate groups is 1. The fraction of sp³-hybridized carbons (Fsp3) is 0.250. The number of nitro groups is 1. The normalized spacial score (nSPS) is 17.0. The number of nitrogens with one attached hydrogen (secondary N) is 2. The van der Waals surface area contributed by atoms with Crippen molar-refractivity contribution in [1.29, 1.82) is 0 Å². The third kappa shape index (κ3) is 3.14. The maximum Gasteiger partial charge on any atom is 0.328 e. The van der Waals surface area contributed by atoms with Gasteiger partial charge in [0.05, 0.1) is 5.92 Å².